The molecule has 0 saturated heterocycles. The molecule has 2 amide bonds. The van der Waals surface area contributed by atoms with E-state index in [9.17, 15) is 9.59 Å². The highest BCUT2D eigenvalue weighted by Crippen LogP contribution is 2.36. The van der Waals surface area contributed by atoms with Crippen molar-refractivity contribution in [2.24, 2.45) is 0 Å². The monoisotopic (exact) mass is 427 g/mol. The lowest BCUT2D eigenvalue weighted by Crippen LogP contribution is -2.42. The third-order valence-electron chi connectivity index (χ3n) is 5.58. The van der Waals surface area contributed by atoms with Crippen molar-refractivity contribution in [3.8, 4) is 0 Å². The highest BCUT2D eigenvalue weighted by molar-refractivity contribution is 6.31. The summed E-state index contributed by atoms with van der Waals surface area (Å²) in [5.74, 6) is -0.385. The summed E-state index contributed by atoms with van der Waals surface area (Å²) in [6.45, 7) is 8.23. The number of nitrogens with one attached hydrogen (secondary N) is 2. The van der Waals surface area contributed by atoms with Crippen molar-refractivity contribution in [1.82, 2.24) is 10.2 Å². The number of aryl methyl sites for hydroxylation is 3. The molecule has 3 rings (SSSR count). The van der Waals surface area contributed by atoms with Gasteiger partial charge in [-0.1, -0.05) is 47.5 Å². The van der Waals surface area contributed by atoms with Crippen molar-refractivity contribution in [3.63, 3.8) is 0 Å². The molecule has 0 aliphatic heterocycles. The van der Waals surface area contributed by atoms with E-state index in [1.54, 1.807) is 0 Å². The van der Waals surface area contributed by atoms with Gasteiger partial charge in [-0.15, -0.1) is 0 Å². The Balaban J connectivity index is 1.56. The first-order chi connectivity index (χ1) is 14.3. The lowest BCUT2D eigenvalue weighted by Gasteiger charge is -2.29. The Morgan fingerprint density at radius 1 is 1.10 bits per heavy atom. The Labute approximate surface area is 183 Å². The average Bonchev–Trinajstić information content (AvgIpc) is 3.52. The molecule has 5 nitrogen and oxygen atoms in total. The number of halogens is 1. The van der Waals surface area contributed by atoms with Crippen LogP contribution in [-0.4, -0.2) is 35.8 Å². The standard InChI is InChI=1S/C24H30ClN3O2/c1-15-11-16(2)24(17(3)12-15)27-22(29)13-26-23(30)14-28(19-9-10-19)18(4)20-7-5-6-8-21(20)25/h5-8,11-12,18-19H,9-10,13-14H2,1-4H3,(H,26,30)(H,27,29). The highest BCUT2D eigenvalue weighted by Gasteiger charge is 2.34. The maximum atomic E-state index is 12.6. The number of carbonyl (C=O) groups excluding carboxylic acids is 2. The summed E-state index contributed by atoms with van der Waals surface area (Å²) in [6.07, 6.45) is 2.16. The molecule has 6 heteroatoms. The Morgan fingerprint density at radius 2 is 1.73 bits per heavy atom. The maximum Gasteiger partial charge on any atom is 0.243 e. The molecule has 0 bridgehead atoms. The van der Waals surface area contributed by atoms with Crippen molar-refractivity contribution in [2.45, 2.75) is 52.6 Å². The Hall–Kier alpha value is -2.37. The zero-order valence-electron chi connectivity index (χ0n) is 18.1. The molecule has 0 spiro atoms. The molecule has 30 heavy (non-hydrogen) atoms. The number of carbonyl (C=O) groups is 2. The normalized spacial score (nSPS) is 14.5. The molecule has 2 aromatic carbocycles. The molecule has 0 radical (unpaired) electrons. The van der Waals surface area contributed by atoms with Crippen LogP contribution in [0.4, 0.5) is 5.69 Å². The van der Waals surface area contributed by atoms with E-state index in [0.29, 0.717) is 11.1 Å². The van der Waals surface area contributed by atoms with E-state index >= 15 is 0 Å². The van der Waals surface area contributed by atoms with Crippen LogP contribution in [0.3, 0.4) is 0 Å². The average molecular weight is 428 g/mol. The molecule has 1 aliphatic rings. The van der Waals surface area contributed by atoms with Gasteiger partial charge in [-0.3, -0.25) is 14.5 Å². The van der Waals surface area contributed by atoms with Crippen molar-refractivity contribution in [3.05, 3.63) is 63.7 Å². The lowest BCUT2D eigenvalue weighted by atomic mass is 10.1. The van der Waals surface area contributed by atoms with Crippen molar-refractivity contribution < 1.29 is 9.59 Å². The van der Waals surface area contributed by atoms with Crippen LogP contribution in [0.5, 0.6) is 0 Å². The molecule has 1 unspecified atom stereocenters. The fourth-order valence-electron chi connectivity index (χ4n) is 3.94. The number of amides is 2. The molecule has 1 atom stereocenters. The van der Waals surface area contributed by atoms with Crippen LogP contribution in [0.25, 0.3) is 0 Å². The van der Waals surface area contributed by atoms with Gasteiger partial charge in [-0.05, 0) is 63.3 Å². The van der Waals surface area contributed by atoms with E-state index in [1.165, 1.54) is 0 Å². The van der Waals surface area contributed by atoms with E-state index in [0.717, 1.165) is 40.8 Å². The summed E-state index contributed by atoms with van der Waals surface area (Å²) in [7, 11) is 0. The van der Waals surface area contributed by atoms with Crippen LogP contribution in [0.15, 0.2) is 36.4 Å². The second kappa shape index (κ2) is 9.63. The largest absolute Gasteiger partial charge is 0.346 e. The first kappa shape index (κ1) is 22.3. The van der Waals surface area contributed by atoms with Crippen molar-refractivity contribution >= 4 is 29.1 Å². The van der Waals surface area contributed by atoms with Gasteiger partial charge in [0, 0.05) is 22.8 Å². The van der Waals surface area contributed by atoms with Gasteiger partial charge in [-0.25, -0.2) is 0 Å². The van der Waals surface area contributed by atoms with E-state index in [2.05, 4.69) is 22.5 Å². The molecular weight excluding hydrogens is 398 g/mol. The van der Waals surface area contributed by atoms with Gasteiger partial charge in [0.15, 0.2) is 0 Å². The summed E-state index contributed by atoms with van der Waals surface area (Å²) in [5, 5.41) is 6.39. The summed E-state index contributed by atoms with van der Waals surface area (Å²) in [4.78, 5) is 27.1. The number of rotatable bonds is 8. The van der Waals surface area contributed by atoms with E-state index in [1.807, 2.05) is 57.2 Å². The smallest absolute Gasteiger partial charge is 0.243 e. The number of nitrogens with zero attached hydrogens (tertiary/aromatic N) is 1. The van der Waals surface area contributed by atoms with Gasteiger partial charge in [0.2, 0.25) is 11.8 Å². The quantitative estimate of drug-likeness (QED) is 0.649. The van der Waals surface area contributed by atoms with Crippen molar-refractivity contribution in [2.75, 3.05) is 18.4 Å². The molecule has 0 heterocycles. The summed E-state index contributed by atoms with van der Waals surface area (Å²) >= 11 is 6.36. The predicted octanol–water partition coefficient (Wildman–Crippen LogP) is 4.55. The Morgan fingerprint density at radius 3 is 2.33 bits per heavy atom. The van der Waals surface area contributed by atoms with Gasteiger partial charge in [0.05, 0.1) is 13.1 Å². The first-order valence-corrected chi connectivity index (χ1v) is 10.8. The maximum absolute atomic E-state index is 12.6. The number of benzene rings is 2. The number of anilines is 1. The van der Waals surface area contributed by atoms with Crippen LogP contribution >= 0.6 is 11.6 Å². The second-order valence-electron chi connectivity index (χ2n) is 8.20. The predicted molar refractivity (Wildman–Crippen MR) is 122 cm³/mol. The van der Waals surface area contributed by atoms with Crippen LogP contribution in [0.1, 0.15) is 48.1 Å². The zero-order chi connectivity index (χ0) is 21.8. The van der Waals surface area contributed by atoms with E-state index in [-0.39, 0.29) is 30.9 Å². The Kier molecular flexibility index (Phi) is 7.16. The molecule has 2 aromatic rings. The number of hydrogen-bond donors (Lipinski definition) is 2. The van der Waals surface area contributed by atoms with E-state index in [4.69, 9.17) is 11.6 Å². The van der Waals surface area contributed by atoms with Crippen LogP contribution < -0.4 is 10.6 Å². The fraction of sp³-hybridized carbons (Fsp3) is 0.417. The first-order valence-electron chi connectivity index (χ1n) is 10.4. The SMILES string of the molecule is Cc1cc(C)c(NC(=O)CNC(=O)CN(C2CC2)C(C)c2ccccc2Cl)c(C)c1. The highest BCUT2D eigenvalue weighted by atomic mass is 35.5. The third-order valence-corrected chi connectivity index (χ3v) is 5.93. The minimum Gasteiger partial charge on any atom is -0.346 e. The summed E-state index contributed by atoms with van der Waals surface area (Å²) in [6, 6.07) is 12.2. The van der Waals surface area contributed by atoms with Gasteiger partial charge in [-0.2, -0.15) is 0 Å². The van der Waals surface area contributed by atoms with Crippen LogP contribution in [0.2, 0.25) is 5.02 Å². The lowest BCUT2D eigenvalue weighted by molar-refractivity contribution is -0.125. The third kappa shape index (κ3) is 5.61. The topological polar surface area (TPSA) is 61.4 Å². The van der Waals surface area contributed by atoms with Gasteiger partial charge in [0.1, 0.15) is 0 Å². The van der Waals surface area contributed by atoms with Crippen LogP contribution in [0, 0.1) is 20.8 Å². The molecule has 1 saturated carbocycles. The zero-order valence-corrected chi connectivity index (χ0v) is 18.8. The fourth-order valence-corrected chi connectivity index (χ4v) is 4.24. The molecule has 1 aliphatic carbocycles. The van der Waals surface area contributed by atoms with Gasteiger partial charge >= 0.3 is 0 Å². The van der Waals surface area contributed by atoms with Gasteiger partial charge in [0.25, 0.3) is 0 Å². The van der Waals surface area contributed by atoms with Crippen LogP contribution in [-0.2, 0) is 9.59 Å². The summed E-state index contributed by atoms with van der Waals surface area (Å²) < 4.78 is 0. The minimum atomic E-state index is -0.226. The molecule has 0 aromatic heterocycles. The van der Waals surface area contributed by atoms with E-state index < -0.39 is 0 Å². The molecule has 1 fully saturated rings. The second-order valence-corrected chi connectivity index (χ2v) is 8.61. The Bertz CT molecular complexity index is 917. The van der Waals surface area contributed by atoms with Gasteiger partial charge < -0.3 is 10.6 Å². The molecular formula is C24H30ClN3O2. The van der Waals surface area contributed by atoms with Crippen molar-refractivity contribution in [1.29, 1.82) is 0 Å². The number of hydrogen-bond acceptors (Lipinski definition) is 3. The minimum absolute atomic E-state index is 0.0311. The molecule has 160 valence electrons. The summed E-state index contributed by atoms with van der Waals surface area (Å²) in [5.41, 5.74) is 5.01. The molecule has 2 N–H and O–H groups in total.